The number of carbonyl (C=O) groups is 1. The van der Waals surface area contributed by atoms with Crippen molar-refractivity contribution in [1.82, 2.24) is 0 Å². The Bertz CT molecular complexity index is 498. The molecule has 2 aliphatic rings. The molecule has 3 heteroatoms. The summed E-state index contributed by atoms with van der Waals surface area (Å²) in [4.78, 5) is 12.3. The summed E-state index contributed by atoms with van der Waals surface area (Å²) >= 11 is 0. The second-order valence-electron chi connectivity index (χ2n) is 5.95. The summed E-state index contributed by atoms with van der Waals surface area (Å²) in [5, 5.41) is 3.02. The van der Waals surface area contributed by atoms with Crippen LogP contribution < -0.4 is 10.1 Å². The lowest BCUT2D eigenvalue weighted by molar-refractivity contribution is -0.118. The fraction of sp³-hybridized carbons (Fsp3) is 0.562. The van der Waals surface area contributed by atoms with Gasteiger partial charge in [0, 0.05) is 5.69 Å². The SMILES string of the molecule is COc1ccc2c(c1)C(C1CCCC(C)C1)C(=O)N2. The summed E-state index contributed by atoms with van der Waals surface area (Å²) in [6.45, 7) is 2.30. The zero-order valence-corrected chi connectivity index (χ0v) is 11.6. The minimum absolute atomic E-state index is 0.0212. The summed E-state index contributed by atoms with van der Waals surface area (Å²) in [5.74, 6) is 2.25. The Hall–Kier alpha value is -1.51. The number of benzene rings is 1. The van der Waals surface area contributed by atoms with E-state index in [1.807, 2.05) is 18.2 Å². The van der Waals surface area contributed by atoms with Crippen molar-refractivity contribution in [3.8, 4) is 5.75 Å². The summed E-state index contributed by atoms with van der Waals surface area (Å²) in [6, 6.07) is 5.89. The third-order valence-corrected chi connectivity index (χ3v) is 4.58. The average Bonchev–Trinajstić information content (AvgIpc) is 2.73. The maximum atomic E-state index is 12.3. The Morgan fingerprint density at radius 3 is 2.89 bits per heavy atom. The van der Waals surface area contributed by atoms with Crippen LogP contribution in [0.5, 0.6) is 5.75 Å². The maximum Gasteiger partial charge on any atom is 0.232 e. The molecule has 3 nitrogen and oxygen atoms in total. The summed E-state index contributed by atoms with van der Waals surface area (Å²) in [7, 11) is 1.67. The molecule has 0 bridgehead atoms. The Balaban J connectivity index is 1.92. The summed E-state index contributed by atoms with van der Waals surface area (Å²) in [5.41, 5.74) is 2.09. The normalized spacial score (nSPS) is 29.8. The van der Waals surface area contributed by atoms with Crippen LogP contribution in [0.4, 0.5) is 5.69 Å². The molecule has 1 aromatic carbocycles. The van der Waals surface area contributed by atoms with Crippen LogP contribution in [0.15, 0.2) is 18.2 Å². The molecule has 1 fully saturated rings. The fourth-order valence-electron chi connectivity index (χ4n) is 3.64. The van der Waals surface area contributed by atoms with Gasteiger partial charge in [0.15, 0.2) is 0 Å². The Morgan fingerprint density at radius 1 is 1.32 bits per heavy atom. The van der Waals surface area contributed by atoms with Gasteiger partial charge in [0.2, 0.25) is 5.91 Å². The average molecular weight is 259 g/mol. The van der Waals surface area contributed by atoms with Gasteiger partial charge >= 0.3 is 0 Å². The van der Waals surface area contributed by atoms with E-state index in [1.54, 1.807) is 7.11 Å². The van der Waals surface area contributed by atoms with E-state index in [2.05, 4.69) is 12.2 Å². The molecule has 0 radical (unpaired) electrons. The van der Waals surface area contributed by atoms with Crippen molar-refractivity contribution in [2.75, 3.05) is 12.4 Å². The van der Waals surface area contributed by atoms with Crippen molar-refractivity contribution in [1.29, 1.82) is 0 Å². The lowest BCUT2D eigenvalue weighted by Gasteiger charge is -2.30. The molecular weight excluding hydrogens is 238 g/mol. The zero-order chi connectivity index (χ0) is 13.4. The first-order valence-electron chi connectivity index (χ1n) is 7.18. The van der Waals surface area contributed by atoms with Crippen molar-refractivity contribution in [2.24, 2.45) is 11.8 Å². The highest BCUT2D eigenvalue weighted by Crippen LogP contribution is 2.45. The van der Waals surface area contributed by atoms with Crippen molar-refractivity contribution in [2.45, 2.75) is 38.5 Å². The van der Waals surface area contributed by atoms with Crippen LogP contribution in [0.1, 0.15) is 44.1 Å². The molecular formula is C16H21NO2. The van der Waals surface area contributed by atoms with Crippen molar-refractivity contribution in [3.05, 3.63) is 23.8 Å². The molecule has 1 aliphatic carbocycles. The summed E-state index contributed by atoms with van der Waals surface area (Å²) < 4.78 is 5.29. The highest BCUT2D eigenvalue weighted by molar-refractivity contribution is 6.03. The first-order valence-corrected chi connectivity index (χ1v) is 7.18. The van der Waals surface area contributed by atoms with E-state index >= 15 is 0 Å². The number of nitrogens with one attached hydrogen (secondary N) is 1. The molecule has 1 aliphatic heterocycles. The number of ether oxygens (including phenoxy) is 1. The van der Waals surface area contributed by atoms with Crippen LogP contribution in [-0.2, 0) is 4.79 Å². The van der Waals surface area contributed by atoms with Gasteiger partial charge in [0.1, 0.15) is 5.75 Å². The first kappa shape index (κ1) is 12.5. The highest BCUT2D eigenvalue weighted by Gasteiger charge is 2.38. The second kappa shape index (κ2) is 4.87. The number of carbonyl (C=O) groups excluding carboxylic acids is 1. The smallest absolute Gasteiger partial charge is 0.232 e. The van der Waals surface area contributed by atoms with Crippen molar-refractivity contribution in [3.63, 3.8) is 0 Å². The third-order valence-electron chi connectivity index (χ3n) is 4.58. The van der Waals surface area contributed by atoms with Gasteiger partial charge in [-0.05, 0) is 48.4 Å². The van der Waals surface area contributed by atoms with E-state index < -0.39 is 0 Å². The van der Waals surface area contributed by atoms with Crippen LogP contribution in [0, 0.1) is 11.8 Å². The number of hydrogen-bond acceptors (Lipinski definition) is 2. The predicted octanol–water partition coefficient (Wildman–Crippen LogP) is 3.56. The maximum absolute atomic E-state index is 12.3. The zero-order valence-electron chi connectivity index (χ0n) is 11.6. The molecule has 0 saturated heterocycles. The number of amides is 1. The molecule has 1 heterocycles. The molecule has 19 heavy (non-hydrogen) atoms. The lowest BCUT2D eigenvalue weighted by atomic mass is 9.74. The molecule has 1 aromatic rings. The monoisotopic (exact) mass is 259 g/mol. The first-order chi connectivity index (χ1) is 9.19. The van der Waals surface area contributed by atoms with E-state index in [-0.39, 0.29) is 11.8 Å². The quantitative estimate of drug-likeness (QED) is 0.882. The van der Waals surface area contributed by atoms with Gasteiger partial charge in [-0.1, -0.05) is 19.8 Å². The molecule has 3 unspecified atom stereocenters. The van der Waals surface area contributed by atoms with Gasteiger partial charge in [-0.3, -0.25) is 4.79 Å². The summed E-state index contributed by atoms with van der Waals surface area (Å²) in [6.07, 6.45) is 4.87. The van der Waals surface area contributed by atoms with E-state index in [4.69, 9.17) is 4.74 Å². The standard InChI is InChI=1S/C16H21NO2/c1-10-4-3-5-11(8-10)15-13-9-12(19-2)6-7-14(13)17-16(15)18/h6-7,9-11,15H,3-5,8H2,1-2H3,(H,17,18). The van der Waals surface area contributed by atoms with Gasteiger partial charge in [0.05, 0.1) is 13.0 Å². The van der Waals surface area contributed by atoms with E-state index in [9.17, 15) is 4.79 Å². The molecule has 0 aromatic heterocycles. The molecule has 1 N–H and O–H groups in total. The van der Waals surface area contributed by atoms with Crippen LogP contribution in [-0.4, -0.2) is 13.0 Å². The number of hydrogen-bond donors (Lipinski definition) is 1. The molecule has 0 spiro atoms. The van der Waals surface area contributed by atoms with Crippen LogP contribution in [0.2, 0.25) is 0 Å². The number of fused-ring (bicyclic) bond motifs is 1. The van der Waals surface area contributed by atoms with Gasteiger partial charge < -0.3 is 10.1 Å². The minimum atomic E-state index is 0.0212. The Labute approximate surface area is 114 Å². The molecule has 1 amide bonds. The van der Waals surface area contributed by atoms with Crippen LogP contribution in [0.3, 0.4) is 0 Å². The van der Waals surface area contributed by atoms with Gasteiger partial charge in [-0.2, -0.15) is 0 Å². The van der Waals surface area contributed by atoms with Crippen LogP contribution in [0.25, 0.3) is 0 Å². The third kappa shape index (κ3) is 2.22. The van der Waals surface area contributed by atoms with Gasteiger partial charge in [-0.25, -0.2) is 0 Å². The van der Waals surface area contributed by atoms with Crippen molar-refractivity contribution >= 4 is 11.6 Å². The largest absolute Gasteiger partial charge is 0.497 e. The number of rotatable bonds is 2. The Kier molecular flexibility index (Phi) is 3.21. The van der Waals surface area contributed by atoms with Crippen molar-refractivity contribution < 1.29 is 9.53 Å². The van der Waals surface area contributed by atoms with Gasteiger partial charge in [-0.15, -0.1) is 0 Å². The second-order valence-corrected chi connectivity index (χ2v) is 5.95. The lowest BCUT2D eigenvalue weighted by Crippen LogP contribution is -2.25. The predicted molar refractivity (Wildman–Crippen MR) is 75.5 cm³/mol. The van der Waals surface area contributed by atoms with E-state index in [1.165, 1.54) is 19.3 Å². The molecule has 102 valence electrons. The minimum Gasteiger partial charge on any atom is -0.497 e. The van der Waals surface area contributed by atoms with E-state index in [0.29, 0.717) is 5.92 Å². The molecule has 3 atom stereocenters. The Morgan fingerprint density at radius 2 is 2.16 bits per heavy atom. The number of methoxy groups -OCH3 is 1. The fourth-order valence-corrected chi connectivity index (χ4v) is 3.64. The molecule has 1 saturated carbocycles. The van der Waals surface area contributed by atoms with Crippen LogP contribution >= 0.6 is 0 Å². The van der Waals surface area contributed by atoms with Gasteiger partial charge in [0.25, 0.3) is 0 Å². The topological polar surface area (TPSA) is 38.3 Å². The highest BCUT2D eigenvalue weighted by atomic mass is 16.5. The molecule has 3 rings (SSSR count). The van der Waals surface area contributed by atoms with E-state index in [0.717, 1.165) is 29.3 Å². The number of anilines is 1.